The molecule has 2 amide bonds. The van der Waals surface area contributed by atoms with Crippen molar-refractivity contribution in [1.29, 1.82) is 0 Å². The maximum Gasteiger partial charge on any atom is 0.323 e. The third-order valence-electron chi connectivity index (χ3n) is 8.57. The number of aromatic nitrogens is 1. The molecule has 1 aliphatic heterocycles. The molecule has 1 fully saturated rings. The van der Waals surface area contributed by atoms with Gasteiger partial charge in [0, 0.05) is 36.1 Å². The first-order chi connectivity index (χ1) is 21.7. The Kier molecular flexibility index (Phi) is 12.5. The zero-order valence-electron chi connectivity index (χ0n) is 28.1. The molecular formula is C37H52N4O4. The van der Waals surface area contributed by atoms with E-state index in [4.69, 9.17) is 9.47 Å². The lowest BCUT2D eigenvalue weighted by atomic mass is 9.93. The summed E-state index contributed by atoms with van der Waals surface area (Å²) >= 11 is 0. The van der Waals surface area contributed by atoms with E-state index in [0.29, 0.717) is 35.8 Å². The van der Waals surface area contributed by atoms with E-state index in [0.717, 1.165) is 55.7 Å². The summed E-state index contributed by atoms with van der Waals surface area (Å²) in [5.74, 6) is 1.72. The molecule has 0 atom stereocenters. The Balaban J connectivity index is 1.68. The minimum atomic E-state index is -0.455. The SMILES string of the molecule is CCCCn1ccc(-c2cc(OC)ccc2OCCCN2CCCCC2)c(NC(=O)Nc2c(C(C)C)cccc2C(C)C)c1=O. The van der Waals surface area contributed by atoms with Gasteiger partial charge in [0.05, 0.1) is 13.7 Å². The predicted molar refractivity (Wildman–Crippen MR) is 185 cm³/mol. The van der Waals surface area contributed by atoms with Crippen LogP contribution in [-0.2, 0) is 6.54 Å². The van der Waals surface area contributed by atoms with Crippen molar-refractivity contribution in [3.05, 3.63) is 70.1 Å². The van der Waals surface area contributed by atoms with Gasteiger partial charge in [-0.3, -0.25) is 4.79 Å². The number of pyridine rings is 1. The number of urea groups is 1. The first-order valence-electron chi connectivity index (χ1n) is 16.7. The van der Waals surface area contributed by atoms with Crippen LogP contribution >= 0.6 is 0 Å². The summed E-state index contributed by atoms with van der Waals surface area (Å²) in [5, 5.41) is 6.07. The standard InChI is InChI=1S/C37H52N4O4/c1-7-8-22-41-23-18-31(32-25-28(44-6)16-17-33(32)45-24-13-21-40-19-10-9-11-20-40)35(36(41)42)39-37(43)38-34-29(26(2)3)14-12-15-30(34)27(4)5/h12,14-18,23,25-27H,7-11,13,19-22,24H2,1-6H3,(H2,38,39,43). The monoisotopic (exact) mass is 616 g/mol. The number of benzene rings is 2. The lowest BCUT2D eigenvalue weighted by molar-refractivity contribution is 0.205. The summed E-state index contributed by atoms with van der Waals surface area (Å²) in [5.41, 5.74) is 4.16. The number of anilines is 2. The van der Waals surface area contributed by atoms with E-state index in [1.54, 1.807) is 17.9 Å². The molecule has 2 heterocycles. The molecule has 0 saturated carbocycles. The normalized spacial score (nSPS) is 13.7. The quantitative estimate of drug-likeness (QED) is 0.178. The number of hydrogen-bond acceptors (Lipinski definition) is 5. The van der Waals surface area contributed by atoms with Crippen LogP contribution in [0.1, 0.15) is 96.1 Å². The van der Waals surface area contributed by atoms with Gasteiger partial charge in [-0.05, 0) is 86.0 Å². The molecule has 0 spiro atoms. The van der Waals surface area contributed by atoms with Gasteiger partial charge in [0.1, 0.15) is 17.2 Å². The van der Waals surface area contributed by atoms with Crippen LogP contribution in [0.2, 0.25) is 0 Å². The summed E-state index contributed by atoms with van der Waals surface area (Å²) in [4.78, 5) is 30.2. The number of carbonyl (C=O) groups excluding carboxylic acids is 1. The zero-order valence-corrected chi connectivity index (χ0v) is 28.1. The minimum absolute atomic E-state index is 0.212. The highest BCUT2D eigenvalue weighted by atomic mass is 16.5. The fraction of sp³-hybridized carbons (Fsp3) is 0.514. The molecule has 4 rings (SSSR count). The number of piperidine rings is 1. The molecule has 0 unspecified atom stereocenters. The molecule has 3 aromatic rings. The van der Waals surface area contributed by atoms with Crippen LogP contribution in [0, 0.1) is 0 Å². The van der Waals surface area contributed by atoms with E-state index in [-0.39, 0.29) is 23.1 Å². The van der Waals surface area contributed by atoms with Crippen molar-refractivity contribution in [1.82, 2.24) is 9.47 Å². The highest BCUT2D eigenvalue weighted by molar-refractivity contribution is 6.03. The van der Waals surface area contributed by atoms with Crippen molar-refractivity contribution < 1.29 is 14.3 Å². The van der Waals surface area contributed by atoms with Crippen molar-refractivity contribution in [2.45, 2.75) is 91.5 Å². The second-order valence-electron chi connectivity index (χ2n) is 12.6. The Labute approximate surface area is 269 Å². The van der Waals surface area contributed by atoms with E-state index >= 15 is 0 Å². The predicted octanol–water partition coefficient (Wildman–Crippen LogP) is 8.47. The Bertz CT molecular complexity index is 1450. The van der Waals surface area contributed by atoms with Gasteiger partial charge in [-0.1, -0.05) is 65.7 Å². The van der Waals surface area contributed by atoms with Crippen molar-refractivity contribution in [3.63, 3.8) is 0 Å². The average molecular weight is 617 g/mol. The smallest absolute Gasteiger partial charge is 0.323 e. The second kappa shape index (κ2) is 16.5. The van der Waals surface area contributed by atoms with Crippen LogP contribution in [0.4, 0.5) is 16.2 Å². The number of rotatable bonds is 14. The summed E-state index contributed by atoms with van der Waals surface area (Å²) < 4.78 is 13.6. The fourth-order valence-electron chi connectivity index (χ4n) is 6.00. The van der Waals surface area contributed by atoms with E-state index in [1.165, 1.54) is 19.3 Å². The number of unbranched alkanes of at least 4 members (excludes halogenated alkanes) is 1. The number of nitrogens with one attached hydrogen (secondary N) is 2. The lowest BCUT2D eigenvalue weighted by Gasteiger charge is -2.26. The molecule has 1 saturated heterocycles. The average Bonchev–Trinajstić information content (AvgIpc) is 3.04. The molecule has 2 N–H and O–H groups in total. The van der Waals surface area contributed by atoms with Crippen molar-refractivity contribution in [2.75, 3.05) is 44.0 Å². The number of carbonyl (C=O) groups is 1. The van der Waals surface area contributed by atoms with Gasteiger partial charge in [0.25, 0.3) is 5.56 Å². The Morgan fingerprint density at radius 1 is 0.867 bits per heavy atom. The number of likely N-dealkylation sites (tertiary alicyclic amines) is 1. The summed E-state index contributed by atoms with van der Waals surface area (Å²) in [6.07, 6.45) is 8.36. The van der Waals surface area contributed by atoms with Gasteiger partial charge in [0.2, 0.25) is 0 Å². The van der Waals surface area contributed by atoms with E-state index < -0.39 is 6.03 Å². The third kappa shape index (κ3) is 8.91. The largest absolute Gasteiger partial charge is 0.497 e. The molecule has 8 nitrogen and oxygen atoms in total. The molecule has 0 radical (unpaired) electrons. The van der Waals surface area contributed by atoms with E-state index in [2.05, 4.69) is 50.2 Å². The van der Waals surface area contributed by atoms with Crippen molar-refractivity contribution in [2.24, 2.45) is 0 Å². The van der Waals surface area contributed by atoms with Gasteiger partial charge in [0.15, 0.2) is 0 Å². The van der Waals surface area contributed by atoms with Crippen LogP contribution in [0.5, 0.6) is 11.5 Å². The zero-order chi connectivity index (χ0) is 32.3. The van der Waals surface area contributed by atoms with Gasteiger partial charge in [-0.2, -0.15) is 0 Å². The number of amides is 2. The lowest BCUT2D eigenvalue weighted by Crippen LogP contribution is -2.31. The number of methoxy groups -OCH3 is 1. The maximum atomic E-state index is 14.0. The van der Waals surface area contributed by atoms with Gasteiger partial charge in [-0.25, -0.2) is 4.79 Å². The number of aryl methyl sites for hydroxylation is 1. The van der Waals surface area contributed by atoms with Crippen LogP contribution < -0.4 is 25.7 Å². The summed E-state index contributed by atoms with van der Waals surface area (Å²) in [6.45, 7) is 15.0. The topological polar surface area (TPSA) is 84.8 Å². The number of ether oxygens (including phenoxy) is 2. The molecule has 0 aliphatic carbocycles. The van der Waals surface area contributed by atoms with Gasteiger partial charge < -0.3 is 29.6 Å². The van der Waals surface area contributed by atoms with Crippen LogP contribution in [0.25, 0.3) is 11.1 Å². The van der Waals surface area contributed by atoms with Crippen molar-refractivity contribution in [3.8, 4) is 22.6 Å². The maximum absolute atomic E-state index is 14.0. The fourth-order valence-corrected chi connectivity index (χ4v) is 6.00. The minimum Gasteiger partial charge on any atom is -0.497 e. The molecule has 0 bridgehead atoms. The van der Waals surface area contributed by atoms with Crippen LogP contribution in [0.3, 0.4) is 0 Å². The molecule has 45 heavy (non-hydrogen) atoms. The highest BCUT2D eigenvalue weighted by Crippen LogP contribution is 2.37. The summed E-state index contributed by atoms with van der Waals surface area (Å²) in [6, 6.07) is 13.2. The molecule has 1 aromatic heterocycles. The Morgan fingerprint density at radius 3 is 2.20 bits per heavy atom. The van der Waals surface area contributed by atoms with E-state index in [9.17, 15) is 9.59 Å². The van der Waals surface area contributed by atoms with Gasteiger partial charge in [-0.15, -0.1) is 0 Å². The Hall–Kier alpha value is -3.78. The molecule has 1 aliphatic rings. The van der Waals surface area contributed by atoms with Crippen LogP contribution in [-0.4, -0.2) is 48.8 Å². The van der Waals surface area contributed by atoms with Crippen molar-refractivity contribution >= 4 is 17.4 Å². The first kappa shape index (κ1) is 34.1. The second-order valence-corrected chi connectivity index (χ2v) is 12.6. The van der Waals surface area contributed by atoms with Crippen LogP contribution in [0.15, 0.2) is 53.5 Å². The highest BCUT2D eigenvalue weighted by Gasteiger charge is 2.21. The number of nitrogens with zero attached hydrogens (tertiary/aromatic N) is 2. The molecule has 8 heteroatoms. The van der Waals surface area contributed by atoms with Gasteiger partial charge >= 0.3 is 6.03 Å². The third-order valence-corrected chi connectivity index (χ3v) is 8.57. The number of hydrogen-bond donors (Lipinski definition) is 2. The number of para-hydroxylation sites is 1. The molecule has 244 valence electrons. The molecular weight excluding hydrogens is 564 g/mol. The first-order valence-corrected chi connectivity index (χ1v) is 16.7. The Morgan fingerprint density at radius 2 is 1.56 bits per heavy atom. The summed E-state index contributed by atoms with van der Waals surface area (Å²) in [7, 11) is 1.62. The van der Waals surface area contributed by atoms with E-state index in [1.807, 2.05) is 42.5 Å². The molecule has 2 aromatic carbocycles.